The Morgan fingerprint density at radius 3 is 2.32 bits per heavy atom. The van der Waals surface area contributed by atoms with Crippen molar-refractivity contribution in [2.24, 2.45) is 5.41 Å². The number of Topliss-reactive ketones (excluding diaryl/α,β-unsaturated/α-hetero) is 1. The molecule has 2 aliphatic rings. The Balaban J connectivity index is 2.11. The maximum absolute atomic E-state index is 13.3. The summed E-state index contributed by atoms with van der Waals surface area (Å²) >= 11 is 0. The Kier molecular flexibility index (Phi) is 6.63. The van der Waals surface area contributed by atoms with Gasteiger partial charge in [-0.3, -0.25) is 4.79 Å². The van der Waals surface area contributed by atoms with E-state index in [0.717, 1.165) is 47.7 Å². The van der Waals surface area contributed by atoms with Gasteiger partial charge in [0.25, 0.3) is 0 Å². The molecule has 31 heavy (non-hydrogen) atoms. The molecule has 1 heterocycles. The van der Waals surface area contributed by atoms with Crippen LogP contribution in [0.4, 0.5) is 5.69 Å². The van der Waals surface area contributed by atoms with E-state index in [1.165, 1.54) is 0 Å². The van der Waals surface area contributed by atoms with Crippen LogP contribution >= 0.6 is 0 Å². The number of anilines is 1. The number of carbonyl (C=O) groups is 2. The molecule has 0 saturated carbocycles. The number of hydrogen-bond acceptors (Lipinski definition) is 5. The Bertz CT molecular complexity index is 918. The molecule has 0 aromatic heterocycles. The lowest BCUT2D eigenvalue weighted by Crippen LogP contribution is -2.39. The number of dihydropyridines is 1. The van der Waals surface area contributed by atoms with Crippen molar-refractivity contribution in [2.45, 2.75) is 73.3 Å². The molecule has 1 aliphatic carbocycles. The van der Waals surface area contributed by atoms with E-state index in [1.54, 1.807) is 0 Å². The van der Waals surface area contributed by atoms with E-state index in [2.05, 4.69) is 62.2 Å². The monoisotopic (exact) mass is 424 g/mol. The van der Waals surface area contributed by atoms with Gasteiger partial charge in [-0.15, -0.1) is 0 Å². The lowest BCUT2D eigenvalue weighted by atomic mass is 9.68. The zero-order valence-electron chi connectivity index (χ0n) is 20.0. The number of esters is 1. The minimum Gasteiger partial charge on any atom is -0.460 e. The Morgan fingerprint density at radius 1 is 1.16 bits per heavy atom. The Labute approximate surface area is 186 Å². The third kappa shape index (κ3) is 4.70. The van der Waals surface area contributed by atoms with Crippen LogP contribution in [0, 0.1) is 5.41 Å². The summed E-state index contributed by atoms with van der Waals surface area (Å²) in [6.07, 6.45) is 1.04. The van der Waals surface area contributed by atoms with Crippen molar-refractivity contribution in [1.82, 2.24) is 5.32 Å². The second kappa shape index (κ2) is 8.89. The van der Waals surface area contributed by atoms with E-state index >= 15 is 0 Å². The highest BCUT2D eigenvalue weighted by Crippen LogP contribution is 2.47. The van der Waals surface area contributed by atoms with Crippen molar-refractivity contribution in [3.8, 4) is 0 Å². The highest BCUT2D eigenvalue weighted by molar-refractivity contribution is 6.04. The predicted octanol–water partition coefficient (Wildman–Crippen LogP) is 5.09. The number of benzene rings is 1. The van der Waals surface area contributed by atoms with Crippen LogP contribution in [0.1, 0.15) is 72.8 Å². The zero-order valence-corrected chi connectivity index (χ0v) is 20.0. The molecule has 1 unspecified atom stereocenters. The predicted molar refractivity (Wildman–Crippen MR) is 125 cm³/mol. The molecule has 0 spiro atoms. The molecular formula is C26H36N2O3. The molecule has 0 radical (unpaired) electrons. The zero-order chi connectivity index (χ0) is 22.9. The summed E-state index contributed by atoms with van der Waals surface area (Å²) in [5, 5.41) is 3.39. The van der Waals surface area contributed by atoms with Gasteiger partial charge in [0.05, 0.1) is 11.7 Å². The summed E-state index contributed by atoms with van der Waals surface area (Å²) in [7, 11) is 0. The molecule has 5 nitrogen and oxygen atoms in total. The first-order valence-electron chi connectivity index (χ1n) is 11.4. The van der Waals surface area contributed by atoms with Crippen LogP contribution in [-0.4, -0.2) is 30.9 Å². The molecule has 1 aliphatic heterocycles. The number of carbonyl (C=O) groups excluding carboxylic acids is 2. The molecular weight excluding hydrogens is 388 g/mol. The summed E-state index contributed by atoms with van der Waals surface area (Å²) in [5.74, 6) is -0.655. The third-order valence-corrected chi connectivity index (χ3v) is 6.16. The van der Waals surface area contributed by atoms with Gasteiger partial charge in [0, 0.05) is 48.1 Å². The Morgan fingerprint density at radius 2 is 1.77 bits per heavy atom. The van der Waals surface area contributed by atoms with Crippen LogP contribution in [0.2, 0.25) is 0 Å². The van der Waals surface area contributed by atoms with Crippen molar-refractivity contribution in [3.63, 3.8) is 0 Å². The molecule has 1 N–H and O–H groups in total. The summed E-state index contributed by atoms with van der Waals surface area (Å²) < 4.78 is 5.59. The van der Waals surface area contributed by atoms with Gasteiger partial charge in [-0.1, -0.05) is 26.0 Å². The molecule has 0 bridgehead atoms. The highest BCUT2D eigenvalue weighted by Gasteiger charge is 2.43. The summed E-state index contributed by atoms with van der Waals surface area (Å²) in [6.45, 7) is 16.0. The average Bonchev–Trinajstić information content (AvgIpc) is 2.66. The van der Waals surface area contributed by atoms with Crippen molar-refractivity contribution >= 4 is 17.4 Å². The van der Waals surface area contributed by atoms with Gasteiger partial charge in [0.2, 0.25) is 0 Å². The van der Waals surface area contributed by atoms with Crippen molar-refractivity contribution in [1.29, 1.82) is 0 Å². The first kappa shape index (κ1) is 23.1. The molecule has 0 fully saturated rings. The molecule has 0 amide bonds. The van der Waals surface area contributed by atoms with Crippen LogP contribution in [0.15, 0.2) is 46.8 Å². The van der Waals surface area contributed by atoms with Gasteiger partial charge >= 0.3 is 5.97 Å². The maximum Gasteiger partial charge on any atom is 0.337 e. The number of nitrogens with zero attached hydrogens (tertiary/aromatic N) is 1. The normalized spacial score (nSPS) is 20.5. The molecule has 3 rings (SSSR count). The first-order chi connectivity index (χ1) is 14.6. The van der Waals surface area contributed by atoms with Crippen molar-refractivity contribution in [2.75, 3.05) is 18.0 Å². The minimum atomic E-state index is -0.406. The van der Waals surface area contributed by atoms with E-state index in [1.807, 2.05) is 20.8 Å². The minimum absolute atomic E-state index is 0.101. The average molecular weight is 425 g/mol. The van der Waals surface area contributed by atoms with Crippen LogP contribution in [0.3, 0.4) is 0 Å². The molecule has 5 heteroatoms. The third-order valence-electron chi connectivity index (χ3n) is 6.16. The highest BCUT2D eigenvalue weighted by atomic mass is 16.5. The lowest BCUT2D eigenvalue weighted by Gasteiger charge is -2.39. The van der Waals surface area contributed by atoms with Crippen molar-refractivity contribution < 1.29 is 14.3 Å². The van der Waals surface area contributed by atoms with E-state index in [-0.39, 0.29) is 23.3 Å². The molecule has 1 atom stereocenters. The summed E-state index contributed by atoms with van der Waals surface area (Å²) in [4.78, 5) is 28.7. The van der Waals surface area contributed by atoms with Crippen molar-refractivity contribution in [3.05, 3.63) is 52.4 Å². The van der Waals surface area contributed by atoms with Gasteiger partial charge < -0.3 is 15.0 Å². The number of ketones is 1. The maximum atomic E-state index is 13.3. The lowest BCUT2D eigenvalue weighted by molar-refractivity contribution is -0.143. The number of hydrogen-bond donors (Lipinski definition) is 1. The second-order valence-electron chi connectivity index (χ2n) is 9.65. The standard InChI is InChI=1S/C26H36N2O3/c1-8-28(9-2)19-12-10-18(11-13-19)23-22(25(30)31-16(3)4)17(5)27-20-14-26(6,7)15-21(29)24(20)23/h10-13,16,23,27H,8-9,14-15H2,1-7H3. The number of allylic oxidation sites excluding steroid dienone is 3. The van der Waals surface area contributed by atoms with Crippen LogP contribution < -0.4 is 10.2 Å². The fraction of sp³-hybridized carbons (Fsp3) is 0.538. The van der Waals surface area contributed by atoms with E-state index in [0.29, 0.717) is 12.0 Å². The SMILES string of the molecule is CCN(CC)c1ccc(C2C(C(=O)OC(C)C)=C(C)NC3=C2C(=O)CC(C)(C)C3)cc1. The molecule has 1 aromatic rings. The van der Waals surface area contributed by atoms with E-state index < -0.39 is 5.92 Å². The van der Waals surface area contributed by atoms with Gasteiger partial charge in [0.1, 0.15) is 0 Å². The van der Waals surface area contributed by atoms with Gasteiger partial charge in [-0.2, -0.15) is 0 Å². The fourth-order valence-corrected chi connectivity index (χ4v) is 4.78. The first-order valence-corrected chi connectivity index (χ1v) is 11.4. The fourth-order valence-electron chi connectivity index (χ4n) is 4.78. The summed E-state index contributed by atoms with van der Waals surface area (Å²) in [6, 6.07) is 8.28. The molecule has 0 saturated heterocycles. The largest absolute Gasteiger partial charge is 0.460 e. The van der Waals surface area contributed by atoms with E-state index in [9.17, 15) is 9.59 Å². The smallest absolute Gasteiger partial charge is 0.337 e. The second-order valence-corrected chi connectivity index (χ2v) is 9.65. The molecule has 168 valence electrons. The molecule has 1 aromatic carbocycles. The van der Waals surface area contributed by atoms with Crippen LogP contribution in [0.25, 0.3) is 0 Å². The number of rotatable bonds is 6. The number of nitrogens with one attached hydrogen (secondary N) is 1. The van der Waals surface area contributed by atoms with Gasteiger partial charge in [-0.05, 0) is 64.2 Å². The Hall–Kier alpha value is -2.56. The van der Waals surface area contributed by atoms with Gasteiger partial charge in [0.15, 0.2) is 5.78 Å². The number of ether oxygens (including phenoxy) is 1. The van der Waals surface area contributed by atoms with Crippen LogP contribution in [0.5, 0.6) is 0 Å². The summed E-state index contributed by atoms with van der Waals surface area (Å²) in [5.41, 5.74) is 4.96. The van der Waals surface area contributed by atoms with Gasteiger partial charge in [-0.25, -0.2) is 4.79 Å². The van der Waals surface area contributed by atoms with E-state index in [4.69, 9.17) is 4.74 Å². The van der Waals surface area contributed by atoms with Crippen LogP contribution in [-0.2, 0) is 14.3 Å². The quantitative estimate of drug-likeness (QED) is 0.645. The topological polar surface area (TPSA) is 58.6 Å².